The van der Waals surface area contributed by atoms with Crippen LogP contribution in [-0.2, 0) is 11.2 Å². The zero-order valence-electron chi connectivity index (χ0n) is 15.5. The van der Waals surface area contributed by atoms with E-state index in [0.717, 1.165) is 22.6 Å². The third-order valence-corrected chi connectivity index (χ3v) is 4.15. The SMILES string of the molecule is COc1ccc(C)cc1Nc1ccc(NC(=O)CCc2ccccc2)cn1. The summed E-state index contributed by atoms with van der Waals surface area (Å²) in [7, 11) is 1.64. The number of pyridine rings is 1. The van der Waals surface area contributed by atoms with Gasteiger partial charge in [-0.15, -0.1) is 0 Å². The Hall–Kier alpha value is -3.34. The van der Waals surface area contributed by atoms with Gasteiger partial charge in [0.15, 0.2) is 0 Å². The summed E-state index contributed by atoms with van der Waals surface area (Å²) in [6.07, 6.45) is 2.79. The zero-order valence-corrected chi connectivity index (χ0v) is 15.5. The Morgan fingerprint density at radius 1 is 1.07 bits per heavy atom. The average molecular weight is 361 g/mol. The van der Waals surface area contributed by atoms with Crippen LogP contribution in [0.4, 0.5) is 17.2 Å². The molecule has 0 fully saturated rings. The summed E-state index contributed by atoms with van der Waals surface area (Å²) in [5.41, 5.74) is 3.80. The maximum Gasteiger partial charge on any atom is 0.224 e. The molecule has 5 heteroatoms. The van der Waals surface area contributed by atoms with Crippen molar-refractivity contribution in [3.63, 3.8) is 0 Å². The molecule has 2 aromatic carbocycles. The summed E-state index contributed by atoms with van der Waals surface area (Å²) in [6, 6.07) is 19.5. The summed E-state index contributed by atoms with van der Waals surface area (Å²) in [6.45, 7) is 2.02. The molecule has 1 aromatic heterocycles. The molecule has 0 saturated heterocycles. The van der Waals surface area contributed by atoms with E-state index in [2.05, 4.69) is 15.6 Å². The van der Waals surface area contributed by atoms with Crippen LogP contribution in [0.1, 0.15) is 17.5 Å². The number of amides is 1. The number of benzene rings is 2. The van der Waals surface area contributed by atoms with Crippen molar-refractivity contribution in [3.8, 4) is 5.75 Å². The Balaban J connectivity index is 1.57. The van der Waals surface area contributed by atoms with Crippen molar-refractivity contribution in [1.82, 2.24) is 4.98 Å². The van der Waals surface area contributed by atoms with Crippen LogP contribution in [0.3, 0.4) is 0 Å². The molecule has 1 heterocycles. The molecule has 3 aromatic rings. The standard InChI is InChI=1S/C22H23N3O2/c1-16-8-11-20(27-2)19(14-16)25-21-12-10-18(15-23-21)24-22(26)13-9-17-6-4-3-5-7-17/h3-8,10-12,14-15H,9,13H2,1-2H3,(H,23,25)(H,24,26). The van der Waals surface area contributed by atoms with E-state index in [9.17, 15) is 4.79 Å². The number of nitrogens with zero attached hydrogens (tertiary/aromatic N) is 1. The van der Waals surface area contributed by atoms with Gasteiger partial charge in [0.05, 0.1) is 24.7 Å². The summed E-state index contributed by atoms with van der Waals surface area (Å²) in [5, 5.41) is 6.12. The van der Waals surface area contributed by atoms with E-state index in [1.807, 2.05) is 67.6 Å². The highest BCUT2D eigenvalue weighted by Gasteiger charge is 2.06. The van der Waals surface area contributed by atoms with Crippen molar-refractivity contribution in [2.24, 2.45) is 0 Å². The molecule has 2 N–H and O–H groups in total. The molecule has 0 atom stereocenters. The molecular formula is C22H23N3O2. The van der Waals surface area contributed by atoms with E-state index in [1.165, 1.54) is 0 Å². The number of rotatable bonds is 7. The average Bonchev–Trinajstić information content (AvgIpc) is 2.69. The molecule has 5 nitrogen and oxygen atoms in total. The van der Waals surface area contributed by atoms with E-state index < -0.39 is 0 Å². The van der Waals surface area contributed by atoms with Crippen LogP contribution in [0.5, 0.6) is 5.75 Å². The number of aromatic nitrogens is 1. The fourth-order valence-electron chi connectivity index (χ4n) is 2.73. The first-order chi connectivity index (χ1) is 13.1. The predicted molar refractivity (Wildman–Crippen MR) is 109 cm³/mol. The molecule has 27 heavy (non-hydrogen) atoms. The molecule has 3 rings (SSSR count). The van der Waals surface area contributed by atoms with Gasteiger partial charge in [-0.3, -0.25) is 4.79 Å². The van der Waals surface area contributed by atoms with Crippen LogP contribution in [-0.4, -0.2) is 18.0 Å². The second-order valence-electron chi connectivity index (χ2n) is 6.29. The minimum absolute atomic E-state index is 0.0262. The summed E-state index contributed by atoms with van der Waals surface area (Å²) >= 11 is 0. The summed E-state index contributed by atoms with van der Waals surface area (Å²) < 4.78 is 5.36. The van der Waals surface area contributed by atoms with Crippen molar-refractivity contribution < 1.29 is 9.53 Å². The Labute approximate surface area is 159 Å². The molecule has 0 unspecified atom stereocenters. The van der Waals surface area contributed by atoms with Crippen molar-refractivity contribution in [3.05, 3.63) is 78.0 Å². The van der Waals surface area contributed by atoms with Crippen LogP contribution in [0, 0.1) is 6.92 Å². The fraction of sp³-hybridized carbons (Fsp3) is 0.182. The highest BCUT2D eigenvalue weighted by atomic mass is 16.5. The fourth-order valence-corrected chi connectivity index (χ4v) is 2.73. The van der Waals surface area contributed by atoms with Gasteiger partial charge in [0.2, 0.25) is 5.91 Å². The van der Waals surface area contributed by atoms with Crippen LogP contribution in [0.2, 0.25) is 0 Å². The predicted octanol–water partition coefficient (Wildman–Crippen LogP) is 4.71. The molecule has 138 valence electrons. The zero-order chi connectivity index (χ0) is 19.1. The lowest BCUT2D eigenvalue weighted by Crippen LogP contribution is -2.12. The van der Waals surface area contributed by atoms with E-state index in [4.69, 9.17) is 4.74 Å². The number of nitrogens with one attached hydrogen (secondary N) is 2. The molecule has 0 aliphatic heterocycles. The number of carbonyl (C=O) groups excluding carboxylic acids is 1. The van der Waals surface area contributed by atoms with Crippen LogP contribution < -0.4 is 15.4 Å². The number of methoxy groups -OCH3 is 1. The lowest BCUT2D eigenvalue weighted by atomic mass is 10.1. The number of hydrogen-bond donors (Lipinski definition) is 2. The number of ether oxygens (including phenoxy) is 1. The largest absolute Gasteiger partial charge is 0.495 e. The first kappa shape index (κ1) is 18.5. The van der Waals surface area contributed by atoms with Crippen LogP contribution >= 0.6 is 0 Å². The minimum Gasteiger partial charge on any atom is -0.495 e. The third kappa shape index (κ3) is 5.31. The Bertz CT molecular complexity index is 893. The first-order valence-corrected chi connectivity index (χ1v) is 8.85. The highest BCUT2D eigenvalue weighted by Crippen LogP contribution is 2.28. The molecule has 0 saturated carbocycles. The van der Waals surface area contributed by atoms with Gasteiger partial charge in [0.1, 0.15) is 11.6 Å². The van der Waals surface area contributed by atoms with Crippen molar-refractivity contribution in [2.45, 2.75) is 19.8 Å². The van der Waals surface area contributed by atoms with Crippen molar-refractivity contribution >= 4 is 23.1 Å². The summed E-state index contributed by atoms with van der Waals surface area (Å²) in [4.78, 5) is 16.5. The van der Waals surface area contributed by atoms with Gasteiger partial charge in [-0.2, -0.15) is 0 Å². The molecule has 0 aliphatic carbocycles. The van der Waals surface area contributed by atoms with Crippen LogP contribution in [0.25, 0.3) is 0 Å². The second-order valence-corrected chi connectivity index (χ2v) is 6.29. The Morgan fingerprint density at radius 3 is 2.59 bits per heavy atom. The van der Waals surface area contributed by atoms with Gasteiger partial charge in [-0.25, -0.2) is 4.98 Å². The minimum atomic E-state index is -0.0262. The quantitative estimate of drug-likeness (QED) is 0.639. The smallest absolute Gasteiger partial charge is 0.224 e. The van der Waals surface area contributed by atoms with Gasteiger partial charge >= 0.3 is 0 Å². The van der Waals surface area contributed by atoms with Crippen LogP contribution in [0.15, 0.2) is 66.9 Å². The molecule has 0 spiro atoms. The number of hydrogen-bond acceptors (Lipinski definition) is 4. The number of anilines is 3. The highest BCUT2D eigenvalue weighted by molar-refractivity contribution is 5.90. The Kier molecular flexibility index (Phi) is 6.05. The maximum absolute atomic E-state index is 12.1. The van der Waals surface area contributed by atoms with E-state index in [0.29, 0.717) is 24.3 Å². The van der Waals surface area contributed by atoms with E-state index in [1.54, 1.807) is 13.3 Å². The molecular weight excluding hydrogens is 338 g/mol. The van der Waals surface area contributed by atoms with E-state index in [-0.39, 0.29) is 5.91 Å². The lowest BCUT2D eigenvalue weighted by Gasteiger charge is -2.12. The second kappa shape index (κ2) is 8.85. The number of carbonyl (C=O) groups is 1. The normalized spacial score (nSPS) is 10.3. The molecule has 0 bridgehead atoms. The maximum atomic E-state index is 12.1. The number of aryl methyl sites for hydroxylation is 2. The van der Waals surface area contributed by atoms with Crippen molar-refractivity contribution in [1.29, 1.82) is 0 Å². The topological polar surface area (TPSA) is 63.2 Å². The van der Waals surface area contributed by atoms with E-state index >= 15 is 0 Å². The van der Waals surface area contributed by atoms with Gasteiger partial charge in [-0.05, 0) is 48.7 Å². The summed E-state index contributed by atoms with van der Waals surface area (Å²) in [5.74, 6) is 1.41. The third-order valence-electron chi connectivity index (χ3n) is 4.15. The molecule has 1 amide bonds. The molecule has 0 radical (unpaired) electrons. The van der Waals surface area contributed by atoms with Gasteiger partial charge in [0, 0.05) is 6.42 Å². The van der Waals surface area contributed by atoms with Gasteiger partial charge in [0.25, 0.3) is 0 Å². The first-order valence-electron chi connectivity index (χ1n) is 8.85. The van der Waals surface area contributed by atoms with Gasteiger partial charge in [-0.1, -0.05) is 36.4 Å². The molecule has 0 aliphatic rings. The van der Waals surface area contributed by atoms with Gasteiger partial charge < -0.3 is 15.4 Å². The monoisotopic (exact) mass is 361 g/mol. The Morgan fingerprint density at radius 2 is 1.89 bits per heavy atom. The van der Waals surface area contributed by atoms with Crippen molar-refractivity contribution in [2.75, 3.05) is 17.7 Å². The lowest BCUT2D eigenvalue weighted by molar-refractivity contribution is -0.116.